The average Bonchev–Trinajstić information content (AvgIpc) is 2.52. The van der Waals surface area contributed by atoms with Crippen LogP contribution in [-0.2, 0) is 4.74 Å². The molecule has 2 rings (SSSR count). The van der Waals surface area contributed by atoms with Crippen molar-refractivity contribution in [1.82, 2.24) is 5.32 Å². The minimum Gasteiger partial charge on any atom is -0.508 e. The number of aromatic hydroxyl groups is 1. The highest BCUT2D eigenvalue weighted by Crippen LogP contribution is 2.29. The minimum absolute atomic E-state index is 0.121. The van der Waals surface area contributed by atoms with Crippen molar-refractivity contribution in [3.05, 3.63) is 23.8 Å². The van der Waals surface area contributed by atoms with Crippen molar-refractivity contribution in [3.63, 3.8) is 0 Å². The van der Waals surface area contributed by atoms with E-state index in [0.717, 1.165) is 30.8 Å². The van der Waals surface area contributed by atoms with Crippen molar-refractivity contribution in [2.24, 2.45) is 0 Å². The number of morpholine rings is 1. The van der Waals surface area contributed by atoms with Gasteiger partial charge in [-0.3, -0.25) is 0 Å². The number of rotatable bonds is 5. The summed E-state index contributed by atoms with van der Waals surface area (Å²) in [4.78, 5) is 2.07. The van der Waals surface area contributed by atoms with Crippen LogP contribution in [0.1, 0.15) is 31.9 Å². The van der Waals surface area contributed by atoms with Crippen LogP contribution in [0.25, 0.3) is 0 Å². The predicted octanol–water partition coefficient (Wildman–Crippen LogP) is 2.18. The largest absolute Gasteiger partial charge is 0.508 e. The molecule has 5 nitrogen and oxygen atoms in total. The number of hydrogen-bond acceptors (Lipinski definition) is 5. The molecule has 1 fully saturated rings. The van der Waals surface area contributed by atoms with E-state index >= 15 is 0 Å². The summed E-state index contributed by atoms with van der Waals surface area (Å²) in [6, 6.07) is 7.98. The van der Waals surface area contributed by atoms with Crippen LogP contribution in [0, 0.1) is 11.3 Å². The van der Waals surface area contributed by atoms with Crippen LogP contribution < -0.4 is 10.2 Å². The molecule has 1 aliphatic heterocycles. The van der Waals surface area contributed by atoms with Gasteiger partial charge in [-0.25, -0.2) is 0 Å². The topological polar surface area (TPSA) is 68.5 Å². The van der Waals surface area contributed by atoms with E-state index < -0.39 is 6.10 Å². The second-order valence-electron chi connectivity index (χ2n) is 5.35. The molecular formula is C16H23N3O2. The number of anilines is 1. The summed E-state index contributed by atoms with van der Waals surface area (Å²) in [5.74, 6) is 0.295. The number of ether oxygens (including phenoxy) is 1. The number of nitriles is 1. The van der Waals surface area contributed by atoms with Gasteiger partial charge in [0.25, 0.3) is 0 Å². The lowest BCUT2D eigenvalue weighted by atomic mass is 10.1. The van der Waals surface area contributed by atoms with Gasteiger partial charge in [0.05, 0.1) is 19.2 Å². The molecule has 0 radical (unpaired) electrons. The number of hydrogen-bond donors (Lipinski definition) is 2. The van der Waals surface area contributed by atoms with E-state index in [9.17, 15) is 5.11 Å². The molecule has 21 heavy (non-hydrogen) atoms. The molecule has 1 aromatic rings. The lowest BCUT2D eigenvalue weighted by Crippen LogP contribution is -2.41. The maximum atomic E-state index is 10.3. The molecule has 0 saturated carbocycles. The summed E-state index contributed by atoms with van der Waals surface area (Å²) < 4.78 is 5.34. The highest BCUT2D eigenvalue weighted by Gasteiger charge is 2.21. The van der Waals surface area contributed by atoms with Crippen LogP contribution in [0.3, 0.4) is 0 Å². The van der Waals surface area contributed by atoms with Crippen molar-refractivity contribution < 1.29 is 9.84 Å². The van der Waals surface area contributed by atoms with Gasteiger partial charge in [-0.15, -0.1) is 0 Å². The van der Waals surface area contributed by atoms with Gasteiger partial charge in [-0.1, -0.05) is 13.0 Å². The van der Waals surface area contributed by atoms with Gasteiger partial charge >= 0.3 is 0 Å². The van der Waals surface area contributed by atoms with E-state index in [1.54, 1.807) is 6.07 Å². The molecular weight excluding hydrogens is 266 g/mol. The molecule has 0 aromatic heterocycles. The van der Waals surface area contributed by atoms with Crippen LogP contribution >= 0.6 is 0 Å². The summed E-state index contributed by atoms with van der Waals surface area (Å²) in [6.45, 7) is 6.90. The smallest absolute Gasteiger partial charge is 0.161 e. The third-order valence-corrected chi connectivity index (χ3v) is 3.76. The number of nitrogens with zero attached hydrogens (tertiary/aromatic N) is 2. The molecule has 2 atom stereocenters. The number of benzene rings is 1. The molecule has 0 spiro atoms. The summed E-state index contributed by atoms with van der Waals surface area (Å²) in [5, 5.41) is 22.6. The third kappa shape index (κ3) is 3.87. The van der Waals surface area contributed by atoms with Gasteiger partial charge < -0.3 is 20.1 Å². The Morgan fingerprint density at radius 2 is 2.38 bits per heavy atom. The van der Waals surface area contributed by atoms with E-state index in [4.69, 9.17) is 10.00 Å². The number of phenolic OH excluding ortho intramolecular Hbond substituents is 1. The van der Waals surface area contributed by atoms with Crippen LogP contribution in [0.2, 0.25) is 0 Å². The molecule has 1 aromatic carbocycles. The Morgan fingerprint density at radius 1 is 1.57 bits per heavy atom. The Morgan fingerprint density at radius 3 is 3.05 bits per heavy atom. The number of phenols is 1. The quantitative estimate of drug-likeness (QED) is 0.869. The van der Waals surface area contributed by atoms with E-state index in [2.05, 4.69) is 23.2 Å². The maximum absolute atomic E-state index is 10.3. The second-order valence-corrected chi connectivity index (χ2v) is 5.35. The predicted molar refractivity (Wildman–Crippen MR) is 82.4 cm³/mol. The first-order valence-corrected chi connectivity index (χ1v) is 7.48. The number of nitrogens with one attached hydrogen (secondary N) is 1. The van der Waals surface area contributed by atoms with Gasteiger partial charge in [0, 0.05) is 29.9 Å². The molecule has 1 saturated heterocycles. The van der Waals surface area contributed by atoms with Gasteiger partial charge in [-0.05, 0) is 26.0 Å². The monoisotopic (exact) mass is 289 g/mol. The lowest BCUT2D eigenvalue weighted by Gasteiger charge is -2.32. The zero-order valence-electron chi connectivity index (χ0n) is 12.7. The van der Waals surface area contributed by atoms with E-state index in [1.807, 2.05) is 19.1 Å². The third-order valence-electron chi connectivity index (χ3n) is 3.76. The summed E-state index contributed by atoms with van der Waals surface area (Å²) in [6.07, 6.45) is 0.665. The standard InChI is InChI=1S/C16H23N3O2/c1-3-6-18-12(2)15-5-4-13(9-16(15)20)19-7-8-21-14(10-17)11-19/h4-5,9,12,14,18,20H,3,6-8,11H2,1-2H3. The normalized spacial score (nSPS) is 20.0. The molecule has 0 amide bonds. The summed E-state index contributed by atoms with van der Waals surface area (Å²) >= 11 is 0. The lowest BCUT2D eigenvalue weighted by molar-refractivity contribution is 0.0764. The van der Waals surface area contributed by atoms with Crippen molar-refractivity contribution >= 4 is 5.69 Å². The fourth-order valence-corrected chi connectivity index (χ4v) is 2.53. The van der Waals surface area contributed by atoms with E-state index in [-0.39, 0.29) is 6.04 Å². The maximum Gasteiger partial charge on any atom is 0.161 e. The second kappa shape index (κ2) is 7.30. The van der Waals surface area contributed by atoms with Crippen LogP contribution in [0.4, 0.5) is 5.69 Å². The first-order chi connectivity index (χ1) is 10.2. The zero-order valence-corrected chi connectivity index (χ0v) is 12.7. The highest BCUT2D eigenvalue weighted by molar-refractivity contribution is 5.54. The van der Waals surface area contributed by atoms with Crippen molar-refractivity contribution in [1.29, 1.82) is 5.26 Å². The van der Waals surface area contributed by atoms with Crippen LogP contribution in [-0.4, -0.2) is 37.5 Å². The van der Waals surface area contributed by atoms with Crippen LogP contribution in [0.5, 0.6) is 5.75 Å². The zero-order chi connectivity index (χ0) is 15.2. The van der Waals surface area contributed by atoms with E-state index in [1.165, 1.54) is 0 Å². The fourth-order valence-electron chi connectivity index (χ4n) is 2.53. The molecule has 2 unspecified atom stereocenters. The molecule has 114 valence electrons. The Bertz CT molecular complexity index is 513. The highest BCUT2D eigenvalue weighted by atomic mass is 16.5. The van der Waals surface area contributed by atoms with Gasteiger partial charge in [-0.2, -0.15) is 5.26 Å². The Labute approximate surface area is 126 Å². The minimum atomic E-state index is -0.397. The average molecular weight is 289 g/mol. The first kappa shape index (κ1) is 15.6. The Hall–Kier alpha value is -1.77. The van der Waals surface area contributed by atoms with Crippen molar-refractivity contribution in [2.75, 3.05) is 31.1 Å². The molecule has 5 heteroatoms. The van der Waals surface area contributed by atoms with E-state index in [0.29, 0.717) is 18.9 Å². The molecule has 0 aliphatic carbocycles. The molecule has 1 heterocycles. The van der Waals surface area contributed by atoms with Crippen molar-refractivity contribution in [3.8, 4) is 11.8 Å². The van der Waals surface area contributed by atoms with Gasteiger partial charge in [0.1, 0.15) is 5.75 Å². The molecule has 2 N–H and O–H groups in total. The van der Waals surface area contributed by atoms with Crippen molar-refractivity contribution in [2.45, 2.75) is 32.4 Å². The van der Waals surface area contributed by atoms with Gasteiger partial charge in [0.2, 0.25) is 0 Å². The van der Waals surface area contributed by atoms with Crippen LogP contribution in [0.15, 0.2) is 18.2 Å². The molecule has 0 bridgehead atoms. The molecule has 1 aliphatic rings. The SMILES string of the molecule is CCCNC(C)c1ccc(N2CCOC(C#N)C2)cc1O. The summed E-state index contributed by atoms with van der Waals surface area (Å²) in [7, 11) is 0. The Kier molecular flexibility index (Phi) is 5.43. The van der Waals surface area contributed by atoms with Gasteiger partial charge in [0.15, 0.2) is 6.10 Å². The Balaban J connectivity index is 2.09. The summed E-state index contributed by atoms with van der Waals surface area (Å²) in [5.41, 5.74) is 1.83. The first-order valence-electron chi connectivity index (χ1n) is 7.48. The fraction of sp³-hybridized carbons (Fsp3) is 0.562.